The number of nitrogens with one attached hydrogen (secondary N) is 2. The second-order valence-electron chi connectivity index (χ2n) is 7.83. The van der Waals surface area contributed by atoms with Crippen molar-refractivity contribution in [1.82, 2.24) is 10.3 Å². The van der Waals surface area contributed by atoms with Crippen molar-refractivity contribution in [2.45, 2.75) is 65.1 Å². The van der Waals surface area contributed by atoms with E-state index >= 15 is 0 Å². The average molecular weight is 418 g/mol. The van der Waals surface area contributed by atoms with Gasteiger partial charge in [-0.25, -0.2) is 0 Å². The second kappa shape index (κ2) is 9.01. The van der Waals surface area contributed by atoms with Crippen LogP contribution in [0.25, 0.3) is 0 Å². The van der Waals surface area contributed by atoms with E-state index in [4.69, 9.17) is 22.1 Å². The topological polar surface area (TPSA) is 97.2 Å². The van der Waals surface area contributed by atoms with E-state index in [-0.39, 0.29) is 30.0 Å². The van der Waals surface area contributed by atoms with Gasteiger partial charge in [0.15, 0.2) is 5.43 Å². The van der Waals surface area contributed by atoms with Crippen LogP contribution in [0.2, 0.25) is 5.02 Å². The molecule has 1 heterocycles. The van der Waals surface area contributed by atoms with E-state index in [9.17, 15) is 9.59 Å². The van der Waals surface area contributed by atoms with Gasteiger partial charge in [-0.3, -0.25) is 9.59 Å². The predicted octanol–water partition coefficient (Wildman–Crippen LogP) is 3.53. The largest absolute Gasteiger partial charge is 0.490 e. The van der Waals surface area contributed by atoms with Gasteiger partial charge in [0.2, 0.25) is 0 Å². The molecule has 0 aliphatic heterocycles. The smallest absolute Gasteiger partial charge is 0.252 e. The van der Waals surface area contributed by atoms with Gasteiger partial charge >= 0.3 is 0 Å². The number of hydrogen-bond acceptors (Lipinski definition) is 4. The molecule has 0 bridgehead atoms. The van der Waals surface area contributed by atoms with Crippen LogP contribution in [0.3, 0.4) is 0 Å². The van der Waals surface area contributed by atoms with Crippen LogP contribution in [-0.4, -0.2) is 23.0 Å². The molecular weight excluding hydrogens is 390 g/mol. The highest BCUT2D eigenvalue weighted by atomic mass is 35.5. The van der Waals surface area contributed by atoms with Crippen LogP contribution >= 0.6 is 11.6 Å². The molecule has 1 saturated carbocycles. The number of carbonyl (C=O) groups is 1. The normalized spacial score (nSPS) is 19.1. The zero-order valence-corrected chi connectivity index (χ0v) is 17.9. The minimum atomic E-state index is -0.292. The standard InChI is InChI=1S/C22H28ClN3O3/c1-12-8-20(27)19(14(3)26-12)11-25-22(28)18-9-15(23)10-21(13(18)2)29-17-6-4-16(24)5-7-17/h8-10,16-17H,4-7,11,24H2,1-3H3,(H,25,28)(H,26,27). The lowest BCUT2D eigenvalue weighted by atomic mass is 9.93. The molecule has 156 valence electrons. The van der Waals surface area contributed by atoms with E-state index in [0.717, 1.165) is 42.6 Å². The lowest BCUT2D eigenvalue weighted by Crippen LogP contribution is -2.32. The first kappa shape index (κ1) is 21.4. The highest BCUT2D eigenvalue weighted by Crippen LogP contribution is 2.30. The molecule has 1 fully saturated rings. The molecule has 0 saturated heterocycles. The van der Waals surface area contributed by atoms with Crippen LogP contribution in [0.1, 0.15) is 58.6 Å². The Morgan fingerprint density at radius 3 is 2.55 bits per heavy atom. The number of nitrogens with two attached hydrogens (primary N) is 1. The monoisotopic (exact) mass is 417 g/mol. The number of ether oxygens (including phenoxy) is 1. The molecule has 1 aromatic heterocycles. The highest BCUT2D eigenvalue weighted by molar-refractivity contribution is 6.31. The number of amides is 1. The van der Waals surface area contributed by atoms with Crippen molar-refractivity contribution in [2.75, 3.05) is 0 Å². The molecular formula is C22H28ClN3O3. The van der Waals surface area contributed by atoms with Gasteiger partial charge in [-0.1, -0.05) is 11.6 Å². The molecule has 0 atom stereocenters. The number of aromatic nitrogens is 1. The number of hydrogen-bond donors (Lipinski definition) is 3. The SMILES string of the molecule is Cc1cc(=O)c(CNC(=O)c2cc(Cl)cc(OC3CCC(N)CC3)c2C)c(C)[nH]1. The Morgan fingerprint density at radius 1 is 1.21 bits per heavy atom. The summed E-state index contributed by atoms with van der Waals surface area (Å²) in [5, 5.41) is 3.27. The van der Waals surface area contributed by atoms with Gasteiger partial charge in [-0.05, 0) is 58.6 Å². The molecule has 2 aromatic rings. The molecule has 7 heteroatoms. The van der Waals surface area contributed by atoms with Crippen LogP contribution in [0.5, 0.6) is 5.75 Å². The van der Waals surface area contributed by atoms with E-state index in [1.165, 1.54) is 6.07 Å². The summed E-state index contributed by atoms with van der Waals surface area (Å²) in [6.45, 7) is 5.64. The van der Waals surface area contributed by atoms with Crippen molar-refractivity contribution in [1.29, 1.82) is 0 Å². The molecule has 0 unspecified atom stereocenters. The summed E-state index contributed by atoms with van der Waals surface area (Å²) in [6.07, 6.45) is 3.73. The summed E-state index contributed by atoms with van der Waals surface area (Å²) in [5.41, 5.74) is 9.13. The third-order valence-corrected chi connectivity index (χ3v) is 5.71. The summed E-state index contributed by atoms with van der Waals surface area (Å²) >= 11 is 6.26. The summed E-state index contributed by atoms with van der Waals surface area (Å²) in [5.74, 6) is 0.326. The maximum Gasteiger partial charge on any atom is 0.252 e. The number of aryl methyl sites for hydroxylation is 2. The third kappa shape index (κ3) is 5.19. The molecule has 4 N–H and O–H groups in total. The first-order valence-electron chi connectivity index (χ1n) is 9.94. The number of rotatable bonds is 5. The number of pyridine rings is 1. The Hall–Kier alpha value is -2.31. The Kier molecular flexibility index (Phi) is 6.65. The van der Waals surface area contributed by atoms with Gasteiger partial charge in [0.1, 0.15) is 5.75 Å². The van der Waals surface area contributed by atoms with Crippen LogP contribution in [-0.2, 0) is 6.54 Å². The molecule has 3 rings (SSSR count). The Labute approximate surface area is 175 Å². The maximum absolute atomic E-state index is 12.8. The van der Waals surface area contributed by atoms with Crippen molar-refractivity contribution < 1.29 is 9.53 Å². The van der Waals surface area contributed by atoms with Crippen LogP contribution < -0.4 is 21.2 Å². The van der Waals surface area contributed by atoms with E-state index in [1.807, 2.05) is 20.8 Å². The lowest BCUT2D eigenvalue weighted by Gasteiger charge is -2.27. The van der Waals surface area contributed by atoms with E-state index < -0.39 is 0 Å². The Balaban J connectivity index is 1.75. The zero-order chi connectivity index (χ0) is 21.1. The number of carbonyl (C=O) groups excluding carboxylic acids is 1. The van der Waals surface area contributed by atoms with Crippen molar-refractivity contribution in [2.24, 2.45) is 5.73 Å². The zero-order valence-electron chi connectivity index (χ0n) is 17.1. The first-order chi connectivity index (χ1) is 13.7. The number of aromatic amines is 1. The summed E-state index contributed by atoms with van der Waals surface area (Å²) in [4.78, 5) is 28.1. The Bertz CT molecular complexity index is 963. The molecule has 1 aliphatic carbocycles. The van der Waals surface area contributed by atoms with Gasteiger partial charge in [0.05, 0.1) is 6.10 Å². The molecule has 1 amide bonds. The fourth-order valence-corrected chi connectivity index (χ4v) is 3.97. The third-order valence-electron chi connectivity index (χ3n) is 5.49. The van der Waals surface area contributed by atoms with Gasteiger partial charge in [-0.2, -0.15) is 0 Å². The fourth-order valence-electron chi connectivity index (χ4n) is 3.76. The maximum atomic E-state index is 12.8. The minimum absolute atomic E-state index is 0.0802. The van der Waals surface area contributed by atoms with Gasteiger partial charge < -0.3 is 20.8 Å². The number of halogens is 1. The van der Waals surface area contributed by atoms with E-state index in [1.54, 1.807) is 12.1 Å². The van der Waals surface area contributed by atoms with Gasteiger partial charge in [0.25, 0.3) is 5.91 Å². The molecule has 0 radical (unpaired) electrons. The van der Waals surface area contributed by atoms with Crippen molar-refractivity contribution in [3.63, 3.8) is 0 Å². The summed E-state index contributed by atoms with van der Waals surface area (Å²) in [7, 11) is 0. The van der Waals surface area contributed by atoms with Crippen molar-refractivity contribution in [3.8, 4) is 5.75 Å². The number of H-pyrrole nitrogens is 1. The van der Waals surface area contributed by atoms with Crippen LogP contribution in [0.15, 0.2) is 23.0 Å². The molecule has 1 aliphatic rings. The first-order valence-corrected chi connectivity index (χ1v) is 10.3. The molecule has 1 aromatic carbocycles. The lowest BCUT2D eigenvalue weighted by molar-refractivity contribution is 0.0948. The van der Waals surface area contributed by atoms with E-state index in [0.29, 0.717) is 21.9 Å². The highest BCUT2D eigenvalue weighted by Gasteiger charge is 2.22. The summed E-state index contributed by atoms with van der Waals surface area (Å²) < 4.78 is 6.15. The predicted molar refractivity (Wildman–Crippen MR) is 115 cm³/mol. The average Bonchev–Trinajstić information content (AvgIpc) is 2.65. The fraction of sp³-hybridized carbons (Fsp3) is 0.455. The number of benzene rings is 1. The van der Waals surface area contributed by atoms with Crippen molar-refractivity contribution in [3.05, 3.63) is 61.5 Å². The van der Waals surface area contributed by atoms with Gasteiger partial charge in [0, 0.05) is 51.8 Å². The van der Waals surface area contributed by atoms with Gasteiger partial charge in [-0.15, -0.1) is 0 Å². The Morgan fingerprint density at radius 2 is 1.90 bits per heavy atom. The molecule has 6 nitrogen and oxygen atoms in total. The minimum Gasteiger partial charge on any atom is -0.490 e. The van der Waals surface area contributed by atoms with Crippen LogP contribution in [0, 0.1) is 20.8 Å². The van der Waals surface area contributed by atoms with E-state index in [2.05, 4.69) is 10.3 Å². The van der Waals surface area contributed by atoms with Crippen LogP contribution in [0.4, 0.5) is 0 Å². The van der Waals surface area contributed by atoms with Crippen molar-refractivity contribution >= 4 is 17.5 Å². The summed E-state index contributed by atoms with van der Waals surface area (Å²) in [6, 6.07) is 5.14. The molecule has 0 spiro atoms. The quantitative estimate of drug-likeness (QED) is 0.693. The second-order valence-corrected chi connectivity index (χ2v) is 8.27. The molecule has 29 heavy (non-hydrogen) atoms.